The molecule has 0 amide bonds. The van der Waals surface area contributed by atoms with Gasteiger partial charge in [0.05, 0.1) is 5.56 Å². The third kappa shape index (κ3) is 4.73. The van der Waals surface area contributed by atoms with E-state index in [1.54, 1.807) is 24.5 Å². The highest BCUT2D eigenvalue weighted by Crippen LogP contribution is 2.35. The minimum atomic E-state index is -4.69. The topological polar surface area (TPSA) is 24.9 Å². The van der Waals surface area contributed by atoms with E-state index >= 15 is 0 Å². The highest BCUT2D eigenvalue weighted by molar-refractivity contribution is 5.85. The molecule has 0 saturated heterocycles. The molecule has 1 saturated carbocycles. The van der Waals surface area contributed by atoms with Gasteiger partial charge in [-0.3, -0.25) is 4.98 Å². The van der Waals surface area contributed by atoms with Crippen molar-refractivity contribution in [1.82, 2.24) is 10.3 Å². The van der Waals surface area contributed by atoms with Crippen molar-refractivity contribution in [3.8, 4) is 0 Å². The molecule has 0 bridgehead atoms. The largest absolute Gasteiger partial charge is 0.419 e. The lowest BCUT2D eigenvalue weighted by atomic mass is 9.76. The Kier molecular flexibility index (Phi) is 6.62. The molecule has 0 radical (unpaired) electrons. The second kappa shape index (κ2) is 8.86. The number of aromatic nitrogens is 1. The van der Waals surface area contributed by atoms with Gasteiger partial charge < -0.3 is 5.32 Å². The maximum atomic E-state index is 14.2. The first-order chi connectivity index (χ1) is 13.8. The maximum Gasteiger partial charge on any atom is 0.419 e. The van der Waals surface area contributed by atoms with Crippen LogP contribution in [-0.4, -0.2) is 11.0 Å². The molecule has 1 aromatic heterocycles. The lowest BCUT2D eigenvalue weighted by Gasteiger charge is -2.36. The van der Waals surface area contributed by atoms with Crippen molar-refractivity contribution < 1.29 is 22.0 Å². The third-order valence-corrected chi connectivity index (χ3v) is 5.54. The summed E-state index contributed by atoms with van der Waals surface area (Å²) in [6, 6.07) is 8.27. The van der Waals surface area contributed by atoms with Crippen LogP contribution in [-0.2, 0) is 19.1 Å². The number of nitrogens with zero attached hydrogens (tertiary/aromatic N) is 1. The van der Waals surface area contributed by atoms with Crippen LogP contribution in [0.15, 0.2) is 48.8 Å². The van der Waals surface area contributed by atoms with E-state index in [4.69, 9.17) is 0 Å². The van der Waals surface area contributed by atoms with Crippen LogP contribution in [0, 0.1) is 17.6 Å². The monoisotopic (exact) mass is 442 g/mol. The van der Waals surface area contributed by atoms with Gasteiger partial charge in [0.1, 0.15) is 11.6 Å². The summed E-state index contributed by atoms with van der Waals surface area (Å²) in [5.74, 6) is -1.31. The smallest absolute Gasteiger partial charge is 0.310 e. The number of hydrogen-bond acceptors (Lipinski definition) is 2. The van der Waals surface area contributed by atoms with Gasteiger partial charge in [0.15, 0.2) is 0 Å². The normalized spacial score (nSPS) is 18.7. The van der Waals surface area contributed by atoms with Crippen molar-refractivity contribution in [3.63, 3.8) is 0 Å². The van der Waals surface area contributed by atoms with E-state index in [2.05, 4.69) is 10.3 Å². The summed E-state index contributed by atoms with van der Waals surface area (Å²) in [5, 5.41) is 5.01. The molecule has 8 heteroatoms. The zero-order valence-electron chi connectivity index (χ0n) is 15.8. The Balaban J connectivity index is 0.00000256. The number of halogens is 6. The van der Waals surface area contributed by atoms with Gasteiger partial charge in [-0.05, 0) is 66.5 Å². The van der Waals surface area contributed by atoms with Crippen molar-refractivity contribution in [2.75, 3.05) is 0 Å². The Morgan fingerprint density at radius 1 is 1.00 bits per heavy atom. The van der Waals surface area contributed by atoms with E-state index in [1.807, 2.05) is 0 Å². The molecule has 1 heterocycles. The first kappa shape index (κ1) is 22.4. The lowest BCUT2D eigenvalue weighted by Crippen LogP contribution is -2.41. The Labute approximate surface area is 176 Å². The van der Waals surface area contributed by atoms with Gasteiger partial charge in [0.2, 0.25) is 0 Å². The Bertz CT molecular complexity index is 1030. The van der Waals surface area contributed by atoms with Gasteiger partial charge in [-0.25, -0.2) is 8.78 Å². The van der Waals surface area contributed by atoms with Crippen LogP contribution in [0.2, 0.25) is 0 Å². The fourth-order valence-corrected chi connectivity index (χ4v) is 3.95. The summed E-state index contributed by atoms with van der Waals surface area (Å²) < 4.78 is 66.2. The number of rotatable bonds is 5. The summed E-state index contributed by atoms with van der Waals surface area (Å²) in [6.45, 7) is 0.374. The molecule has 1 fully saturated rings. The molecule has 1 aliphatic carbocycles. The standard InChI is InChI=1S/C22H19F5N2.ClH/c23-20-4-2-15-11-28-6-5-17(15)18(20)12-29-16-8-14(9-16)7-13-1-3-21(24)19(10-13)22(25,26)27;/h1-6,10-11,14,16,29H,7-9,12H2;1H. The molecule has 2 aromatic carbocycles. The molecule has 160 valence electrons. The summed E-state index contributed by atoms with van der Waals surface area (Å²) in [5.41, 5.74) is -0.151. The van der Waals surface area contributed by atoms with Gasteiger partial charge >= 0.3 is 6.18 Å². The van der Waals surface area contributed by atoms with Gasteiger partial charge in [-0.1, -0.05) is 6.07 Å². The average molecular weight is 443 g/mol. The first-order valence-electron chi connectivity index (χ1n) is 9.41. The lowest BCUT2D eigenvalue weighted by molar-refractivity contribution is -0.140. The van der Waals surface area contributed by atoms with E-state index < -0.39 is 17.6 Å². The van der Waals surface area contributed by atoms with E-state index in [0.29, 0.717) is 24.1 Å². The van der Waals surface area contributed by atoms with E-state index in [1.165, 1.54) is 12.1 Å². The van der Waals surface area contributed by atoms with Crippen LogP contribution in [0.5, 0.6) is 0 Å². The number of nitrogens with one attached hydrogen (secondary N) is 1. The summed E-state index contributed by atoms with van der Waals surface area (Å²) in [4.78, 5) is 4.05. The number of benzene rings is 2. The number of hydrogen-bond donors (Lipinski definition) is 1. The second-order valence-electron chi connectivity index (χ2n) is 7.55. The quantitative estimate of drug-likeness (QED) is 0.485. The predicted octanol–water partition coefficient (Wildman–Crippen LogP) is 6.06. The molecule has 2 nitrogen and oxygen atoms in total. The Hall–Kier alpha value is -2.25. The van der Waals surface area contributed by atoms with Crippen LogP contribution in [0.3, 0.4) is 0 Å². The summed E-state index contributed by atoms with van der Waals surface area (Å²) in [7, 11) is 0. The molecule has 1 N–H and O–H groups in total. The Morgan fingerprint density at radius 3 is 2.47 bits per heavy atom. The molecule has 0 spiro atoms. The molecular formula is C22H20ClF5N2. The molecule has 0 aliphatic heterocycles. The molecular weight excluding hydrogens is 423 g/mol. The van der Waals surface area contributed by atoms with E-state index in [-0.39, 0.29) is 30.2 Å². The maximum absolute atomic E-state index is 14.2. The van der Waals surface area contributed by atoms with Crippen molar-refractivity contribution >= 4 is 23.2 Å². The number of pyridine rings is 1. The van der Waals surface area contributed by atoms with Crippen molar-refractivity contribution in [1.29, 1.82) is 0 Å². The highest BCUT2D eigenvalue weighted by Gasteiger charge is 2.35. The SMILES string of the molecule is Cl.Fc1ccc(CC2CC(NCc3c(F)ccc4cnccc34)C2)cc1C(F)(F)F. The highest BCUT2D eigenvalue weighted by atomic mass is 35.5. The van der Waals surface area contributed by atoms with Crippen LogP contribution < -0.4 is 5.32 Å². The zero-order chi connectivity index (χ0) is 20.6. The molecule has 3 aromatic rings. The van der Waals surface area contributed by atoms with E-state index in [0.717, 1.165) is 35.7 Å². The minimum Gasteiger partial charge on any atom is -0.310 e. The number of alkyl halides is 3. The first-order valence-corrected chi connectivity index (χ1v) is 9.41. The van der Waals surface area contributed by atoms with Gasteiger partial charge in [0, 0.05) is 35.9 Å². The fourth-order valence-electron chi connectivity index (χ4n) is 3.95. The van der Waals surface area contributed by atoms with Crippen LogP contribution in [0.4, 0.5) is 22.0 Å². The molecule has 30 heavy (non-hydrogen) atoms. The van der Waals surface area contributed by atoms with Gasteiger partial charge in [-0.15, -0.1) is 12.4 Å². The molecule has 0 unspecified atom stereocenters. The zero-order valence-corrected chi connectivity index (χ0v) is 16.7. The molecule has 1 aliphatic rings. The van der Waals surface area contributed by atoms with Crippen LogP contribution in [0.25, 0.3) is 10.8 Å². The Morgan fingerprint density at radius 2 is 1.73 bits per heavy atom. The van der Waals surface area contributed by atoms with Gasteiger partial charge in [0.25, 0.3) is 0 Å². The average Bonchev–Trinajstić information content (AvgIpc) is 2.65. The predicted molar refractivity (Wildman–Crippen MR) is 107 cm³/mol. The van der Waals surface area contributed by atoms with Crippen LogP contribution in [0.1, 0.15) is 29.5 Å². The second-order valence-corrected chi connectivity index (χ2v) is 7.55. The van der Waals surface area contributed by atoms with E-state index in [9.17, 15) is 22.0 Å². The molecule has 0 atom stereocenters. The van der Waals surface area contributed by atoms with Gasteiger partial charge in [-0.2, -0.15) is 13.2 Å². The molecule has 4 rings (SSSR count). The minimum absolute atomic E-state index is 0. The van der Waals surface area contributed by atoms with Crippen molar-refractivity contribution in [2.24, 2.45) is 5.92 Å². The fraction of sp³-hybridized carbons (Fsp3) is 0.318. The van der Waals surface area contributed by atoms with Crippen LogP contribution >= 0.6 is 12.4 Å². The third-order valence-electron chi connectivity index (χ3n) is 5.54. The summed E-state index contributed by atoms with van der Waals surface area (Å²) >= 11 is 0. The van der Waals surface area contributed by atoms with Crippen molar-refractivity contribution in [3.05, 3.63) is 77.1 Å². The van der Waals surface area contributed by atoms with Crippen molar-refractivity contribution in [2.45, 2.75) is 38.0 Å². The number of fused-ring (bicyclic) bond motifs is 1. The summed E-state index contributed by atoms with van der Waals surface area (Å²) in [6.07, 6.45) is 0.662.